The van der Waals surface area contributed by atoms with Gasteiger partial charge in [-0.25, -0.2) is 0 Å². The topological polar surface area (TPSA) is 12.0 Å². The van der Waals surface area contributed by atoms with Crippen molar-refractivity contribution in [2.75, 3.05) is 6.54 Å². The van der Waals surface area contributed by atoms with Crippen LogP contribution in [0.1, 0.15) is 45.1 Å². The molecule has 0 bridgehead atoms. The SMILES string of the molecule is CCNC(Cc1ccc(I)cc1)C1CCC(CC)C1. The monoisotopic (exact) mass is 371 g/mol. The van der Waals surface area contributed by atoms with Crippen LogP contribution >= 0.6 is 22.6 Å². The minimum atomic E-state index is 0.668. The van der Waals surface area contributed by atoms with Gasteiger partial charge >= 0.3 is 0 Å². The molecule has 1 aliphatic carbocycles. The van der Waals surface area contributed by atoms with E-state index in [0.717, 1.165) is 18.4 Å². The van der Waals surface area contributed by atoms with E-state index in [0.29, 0.717) is 6.04 Å². The Balaban J connectivity index is 1.98. The van der Waals surface area contributed by atoms with Crippen LogP contribution in [0.25, 0.3) is 0 Å². The van der Waals surface area contributed by atoms with Gasteiger partial charge in [0.05, 0.1) is 0 Å². The first-order valence-corrected chi connectivity index (χ1v) is 8.78. The summed E-state index contributed by atoms with van der Waals surface area (Å²) < 4.78 is 1.33. The third-order valence-electron chi connectivity index (χ3n) is 4.56. The second kappa shape index (κ2) is 7.63. The average molecular weight is 371 g/mol. The molecule has 1 N–H and O–H groups in total. The first kappa shape index (κ1) is 15.3. The molecule has 0 saturated heterocycles. The minimum absolute atomic E-state index is 0.668. The van der Waals surface area contributed by atoms with E-state index in [2.05, 4.69) is 66.0 Å². The first-order chi connectivity index (χ1) is 9.22. The van der Waals surface area contributed by atoms with Crippen molar-refractivity contribution < 1.29 is 0 Å². The molecule has 19 heavy (non-hydrogen) atoms. The fourth-order valence-corrected chi connectivity index (χ4v) is 3.75. The summed E-state index contributed by atoms with van der Waals surface area (Å²) in [5.41, 5.74) is 1.48. The molecule has 0 aromatic heterocycles. The van der Waals surface area contributed by atoms with E-state index < -0.39 is 0 Å². The Labute approximate surface area is 131 Å². The predicted octanol–water partition coefficient (Wildman–Crippen LogP) is 4.64. The molecule has 2 heteroatoms. The quantitative estimate of drug-likeness (QED) is 0.719. The highest BCUT2D eigenvalue weighted by atomic mass is 127. The highest BCUT2D eigenvalue weighted by Gasteiger charge is 2.29. The number of rotatable bonds is 6. The Morgan fingerprint density at radius 3 is 2.53 bits per heavy atom. The fraction of sp³-hybridized carbons (Fsp3) is 0.647. The molecule has 0 amide bonds. The van der Waals surface area contributed by atoms with E-state index in [1.807, 2.05) is 0 Å². The molecule has 1 saturated carbocycles. The molecule has 1 nitrogen and oxygen atoms in total. The summed E-state index contributed by atoms with van der Waals surface area (Å²) in [5, 5.41) is 3.73. The number of nitrogens with one attached hydrogen (secondary N) is 1. The molecular weight excluding hydrogens is 345 g/mol. The van der Waals surface area contributed by atoms with Gasteiger partial charge in [0.25, 0.3) is 0 Å². The lowest BCUT2D eigenvalue weighted by Crippen LogP contribution is -2.37. The summed E-state index contributed by atoms with van der Waals surface area (Å²) in [4.78, 5) is 0. The smallest absolute Gasteiger partial charge is 0.0136 e. The Morgan fingerprint density at radius 1 is 1.21 bits per heavy atom. The molecule has 1 aliphatic rings. The lowest BCUT2D eigenvalue weighted by molar-refractivity contribution is 0.349. The molecule has 1 fully saturated rings. The first-order valence-electron chi connectivity index (χ1n) is 7.70. The van der Waals surface area contributed by atoms with Gasteiger partial charge in [-0.05, 0) is 77.9 Å². The molecule has 1 aromatic rings. The Hall–Kier alpha value is -0.0900. The maximum Gasteiger partial charge on any atom is 0.0136 e. The van der Waals surface area contributed by atoms with Crippen LogP contribution in [-0.2, 0) is 6.42 Å². The molecule has 0 spiro atoms. The standard InChI is InChI=1S/C17H26IN/c1-3-13-5-8-15(11-13)17(19-4-2)12-14-6-9-16(18)10-7-14/h6-7,9-10,13,15,17,19H,3-5,8,11-12H2,1-2H3. The molecule has 1 aromatic carbocycles. The van der Waals surface area contributed by atoms with Gasteiger partial charge in [0, 0.05) is 9.61 Å². The molecule has 0 heterocycles. The van der Waals surface area contributed by atoms with Crippen LogP contribution in [0.3, 0.4) is 0 Å². The fourth-order valence-electron chi connectivity index (χ4n) is 3.39. The van der Waals surface area contributed by atoms with E-state index in [1.54, 1.807) is 0 Å². The largest absolute Gasteiger partial charge is 0.314 e. The van der Waals surface area contributed by atoms with Gasteiger partial charge < -0.3 is 5.32 Å². The van der Waals surface area contributed by atoms with Crippen LogP contribution in [0.2, 0.25) is 0 Å². The second-order valence-corrected chi connectivity index (χ2v) is 7.09. The van der Waals surface area contributed by atoms with E-state index in [4.69, 9.17) is 0 Å². The Bertz CT molecular complexity index is 373. The van der Waals surface area contributed by atoms with Crippen LogP contribution in [0.4, 0.5) is 0 Å². The number of benzene rings is 1. The summed E-state index contributed by atoms with van der Waals surface area (Å²) in [7, 11) is 0. The van der Waals surface area contributed by atoms with Crippen molar-refractivity contribution in [3.05, 3.63) is 33.4 Å². The van der Waals surface area contributed by atoms with Crippen molar-refractivity contribution in [3.63, 3.8) is 0 Å². The lowest BCUT2D eigenvalue weighted by Gasteiger charge is -2.25. The number of halogens is 1. The molecule has 3 atom stereocenters. The highest BCUT2D eigenvalue weighted by Crippen LogP contribution is 2.35. The second-order valence-electron chi connectivity index (χ2n) is 5.84. The summed E-state index contributed by atoms with van der Waals surface area (Å²) in [6.45, 7) is 5.66. The van der Waals surface area contributed by atoms with Gasteiger partial charge in [0.2, 0.25) is 0 Å². The van der Waals surface area contributed by atoms with Gasteiger partial charge in [0.15, 0.2) is 0 Å². The van der Waals surface area contributed by atoms with Crippen molar-refractivity contribution in [3.8, 4) is 0 Å². The van der Waals surface area contributed by atoms with Crippen molar-refractivity contribution in [1.82, 2.24) is 5.32 Å². The Kier molecular flexibility index (Phi) is 6.14. The van der Waals surface area contributed by atoms with Gasteiger partial charge in [0.1, 0.15) is 0 Å². The van der Waals surface area contributed by atoms with E-state index in [-0.39, 0.29) is 0 Å². The van der Waals surface area contributed by atoms with Crippen LogP contribution in [0.15, 0.2) is 24.3 Å². The average Bonchev–Trinajstić information content (AvgIpc) is 2.89. The van der Waals surface area contributed by atoms with Gasteiger partial charge in [-0.3, -0.25) is 0 Å². The van der Waals surface area contributed by atoms with E-state index >= 15 is 0 Å². The minimum Gasteiger partial charge on any atom is -0.314 e. The number of likely N-dealkylation sites (N-methyl/N-ethyl adjacent to an activating group) is 1. The maximum absolute atomic E-state index is 3.73. The molecule has 2 rings (SSSR count). The zero-order valence-corrected chi connectivity index (χ0v) is 14.3. The molecular formula is C17H26IN. The zero-order valence-electron chi connectivity index (χ0n) is 12.2. The normalized spacial score (nSPS) is 24.6. The maximum atomic E-state index is 3.73. The zero-order chi connectivity index (χ0) is 13.7. The third-order valence-corrected chi connectivity index (χ3v) is 5.28. The van der Waals surface area contributed by atoms with Crippen LogP contribution in [0, 0.1) is 15.4 Å². The summed E-state index contributed by atoms with van der Waals surface area (Å²) >= 11 is 2.38. The molecule has 0 aliphatic heterocycles. The van der Waals surface area contributed by atoms with Crippen molar-refractivity contribution in [2.45, 2.75) is 52.0 Å². The van der Waals surface area contributed by atoms with Gasteiger partial charge in [-0.1, -0.05) is 38.8 Å². The summed E-state index contributed by atoms with van der Waals surface area (Å²) in [5.74, 6) is 1.85. The van der Waals surface area contributed by atoms with Crippen molar-refractivity contribution in [2.24, 2.45) is 11.8 Å². The van der Waals surface area contributed by atoms with Crippen molar-refractivity contribution in [1.29, 1.82) is 0 Å². The van der Waals surface area contributed by atoms with Crippen LogP contribution < -0.4 is 5.32 Å². The third kappa shape index (κ3) is 4.45. The van der Waals surface area contributed by atoms with Crippen LogP contribution in [0.5, 0.6) is 0 Å². The number of hydrogen-bond donors (Lipinski definition) is 1. The predicted molar refractivity (Wildman–Crippen MR) is 91.4 cm³/mol. The van der Waals surface area contributed by atoms with Crippen molar-refractivity contribution >= 4 is 22.6 Å². The van der Waals surface area contributed by atoms with Crippen LogP contribution in [-0.4, -0.2) is 12.6 Å². The molecule has 0 radical (unpaired) electrons. The van der Waals surface area contributed by atoms with E-state index in [1.165, 1.54) is 41.2 Å². The molecule has 106 valence electrons. The highest BCUT2D eigenvalue weighted by molar-refractivity contribution is 14.1. The Morgan fingerprint density at radius 2 is 1.95 bits per heavy atom. The summed E-state index contributed by atoms with van der Waals surface area (Å²) in [6.07, 6.45) is 6.83. The molecule has 3 unspecified atom stereocenters. The van der Waals surface area contributed by atoms with Gasteiger partial charge in [-0.2, -0.15) is 0 Å². The number of hydrogen-bond acceptors (Lipinski definition) is 1. The van der Waals surface area contributed by atoms with Gasteiger partial charge in [-0.15, -0.1) is 0 Å². The lowest BCUT2D eigenvalue weighted by atomic mass is 9.91. The summed E-state index contributed by atoms with van der Waals surface area (Å²) in [6, 6.07) is 9.70. The van der Waals surface area contributed by atoms with E-state index in [9.17, 15) is 0 Å².